The predicted octanol–water partition coefficient (Wildman–Crippen LogP) is 6.46. The zero-order valence-electron chi connectivity index (χ0n) is 18.7. The van der Waals surface area contributed by atoms with E-state index < -0.39 is 0 Å². The molecule has 0 aliphatic heterocycles. The summed E-state index contributed by atoms with van der Waals surface area (Å²) in [6, 6.07) is 26.9. The second kappa shape index (κ2) is 9.00. The molecule has 5 aromatic rings. The van der Waals surface area contributed by atoms with Crippen molar-refractivity contribution in [1.29, 1.82) is 0 Å². The lowest BCUT2D eigenvalue weighted by Crippen LogP contribution is -2.02. The number of anilines is 1. The number of fused-ring (bicyclic) bond motifs is 1. The van der Waals surface area contributed by atoms with Gasteiger partial charge in [-0.2, -0.15) is 0 Å². The van der Waals surface area contributed by atoms with Crippen LogP contribution >= 0.6 is 11.3 Å². The second-order valence-corrected chi connectivity index (χ2v) is 8.73. The number of carbonyl (C=O) groups is 1. The summed E-state index contributed by atoms with van der Waals surface area (Å²) in [6.45, 7) is 0. The maximum absolute atomic E-state index is 13.4. The van der Waals surface area contributed by atoms with Crippen LogP contribution in [0.15, 0.2) is 84.9 Å². The van der Waals surface area contributed by atoms with E-state index >= 15 is 0 Å². The Bertz CT molecular complexity index is 1490. The molecule has 0 aliphatic carbocycles. The maximum atomic E-state index is 13.4. The molecule has 0 bridgehead atoms. The van der Waals surface area contributed by atoms with Gasteiger partial charge in [0.2, 0.25) is 5.78 Å². The Morgan fingerprint density at radius 3 is 2.26 bits per heavy atom. The Morgan fingerprint density at radius 2 is 1.56 bits per heavy atom. The van der Waals surface area contributed by atoms with Crippen LogP contribution < -0.4 is 15.2 Å². The van der Waals surface area contributed by atoms with Gasteiger partial charge in [0.15, 0.2) is 0 Å². The zero-order valence-corrected chi connectivity index (χ0v) is 19.6. The molecule has 2 heterocycles. The highest BCUT2D eigenvalue weighted by molar-refractivity contribution is 7.21. The van der Waals surface area contributed by atoms with Gasteiger partial charge in [0.05, 0.1) is 25.6 Å². The first-order valence-corrected chi connectivity index (χ1v) is 11.5. The Labute approximate surface area is 201 Å². The van der Waals surface area contributed by atoms with Gasteiger partial charge in [-0.25, -0.2) is 4.98 Å². The molecule has 0 saturated carbocycles. The fourth-order valence-electron chi connectivity index (χ4n) is 3.94. The molecule has 0 unspecified atom stereocenters. The summed E-state index contributed by atoms with van der Waals surface area (Å²) < 4.78 is 10.6. The fraction of sp³-hybridized carbons (Fsp3) is 0.0714. The van der Waals surface area contributed by atoms with Gasteiger partial charge in [-0.15, -0.1) is 11.3 Å². The molecule has 5 nitrogen and oxygen atoms in total. The van der Waals surface area contributed by atoms with Crippen molar-refractivity contribution >= 4 is 33.0 Å². The molecule has 34 heavy (non-hydrogen) atoms. The van der Waals surface area contributed by atoms with E-state index in [4.69, 9.17) is 20.2 Å². The average Bonchev–Trinajstić information content (AvgIpc) is 3.24. The van der Waals surface area contributed by atoms with Gasteiger partial charge in [0.25, 0.3) is 0 Å². The monoisotopic (exact) mass is 466 g/mol. The average molecular weight is 467 g/mol. The third-order valence-corrected chi connectivity index (χ3v) is 6.81. The summed E-state index contributed by atoms with van der Waals surface area (Å²) in [5.41, 5.74) is 11.3. The fourth-order valence-corrected chi connectivity index (χ4v) is 5.02. The van der Waals surface area contributed by atoms with Gasteiger partial charge in [0.1, 0.15) is 21.2 Å². The van der Waals surface area contributed by atoms with Crippen molar-refractivity contribution in [2.75, 3.05) is 20.0 Å². The number of pyridine rings is 1. The zero-order chi connectivity index (χ0) is 23.7. The van der Waals surface area contributed by atoms with Crippen molar-refractivity contribution in [1.82, 2.24) is 4.98 Å². The first-order chi connectivity index (χ1) is 16.6. The lowest BCUT2D eigenvalue weighted by atomic mass is 9.98. The number of rotatable bonds is 6. The number of hydrogen-bond acceptors (Lipinski definition) is 6. The molecule has 5 rings (SSSR count). The van der Waals surface area contributed by atoms with Crippen molar-refractivity contribution < 1.29 is 14.3 Å². The van der Waals surface area contributed by atoms with Crippen LogP contribution in [0.5, 0.6) is 11.5 Å². The van der Waals surface area contributed by atoms with Gasteiger partial charge < -0.3 is 15.2 Å². The molecule has 0 saturated heterocycles. The van der Waals surface area contributed by atoms with Crippen LogP contribution in [0.25, 0.3) is 32.6 Å². The SMILES string of the molecule is COc1ccc(-c2cc(-c3ccccc3)nc3sc(C(=O)c4cccc(OC)c4)c(N)c23)cc1. The highest BCUT2D eigenvalue weighted by atomic mass is 32.1. The van der Waals surface area contributed by atoms with E-state index in [1.165, 1.54) is 11.3 Å². The largest absolute Gasteiger partial charge is 0.497 e. The molecular formula is C28H22N2O3S. The van der Waals surface area contributed by atoms with Crippen LogP contribution in [-0.2, 0) is 0 Å². The van der Waals surface area contributed by atoms with Crippen LogP contribution in [0.4, 0.5) is 5.69 Å². The molecule has 0 atom stereocenters. The number of ether oxygens (including phenoxy) is 2. The van der Waals surface area contributed by atoms with E-state index in [1.54, 1.807) is 38.5 Å². The minimum absolute atomic E-state index is 0.152. The van der Waals surface area contributed by atoms with Gasteiger partial charge in [-0.1, -0.05) is 54.6 Å². The van der Waals surface area contributed by atoms with Crippen LogP contribution in [0.1, 0.15) is 15.2 Å². The third-order valence-electron chi connectivity index (χ3n) is 5.71. The van der Waals surface area contributed by atoms with Crippen molar-refractivity contribution in [3.63, 3.8) is 0 Å². The molecule has 0 spiro atoms. The number of nitrogens with two attached hydrogens (primary N) is 1. The summed E-state index contributed by atoms with van der Waals surface area (Å²) in [4.78, 5) is 19.5. The summed E-state index contributed by atoms with van der Waals surface area (Å²) in [6.07, 6.45) is 0. The topological polar surface area (TPSA) is 74.4 Å². The van der Waals surface area contributed by atoms with Gasteiger partial charge in [-0.3, -0.25) is 4.79 Å². The summed E-state index contributed by atoms with van der Waals surface area (Å²) in [5.74, 6) is 1.24. The van der Waals surface area contributed by atoms with E-state index in [9.17, 15) is 4.79 Å². The molecule has 2 aromatic heterocycles. The Hall–Kier alpha value is -4.16. The Morgan fingerprint density at radius 1 is 0.824 bits per heavy atom. The molecule has 2 N–H and O–H groups in total. The number of carbonyl (C=O) groups excluding carboxylic acids is 1. The minimum Gasteiger partial charge on any atom is -0.497 e. The van der Waals surface area contributed by atoms with Gasteiger partial charge >= 0.3 is 0 Å². The van der Waals surface area contributed by atoms with Crippen molar-refractivity contribution in [3.05, 3.63) is 95.4 Å². The first kappa shape index (κ1) is 21.7. The molecule has 0 amide bonds. The lowest BCUT2D eigenvalue weighted by Gasteiger charge is -2.10. The maximum Gasteiger partial charge on any atom is 0.205 e. The number of benzene rings is 3. The smallest absolute Gasteiger partial charge is 0.205 e. The van der Waals surface area contributed by atoms with Crippen LogP contribution in [0.2, 0.25) is 0 Å². The van der Waals surface area contributed by atoms with E-state index in [-0.39, 0.29) is 5.78 Å². The molecule has 0 aliphatic rings. The summed E-state index contributed by atoms with van der Waals surface area (Å²) in [7, 11) is 3.22. The normalized spacial score (nSPS) is 10.9. The molecule has 3 aromatic carbocycles. The van der Waals surface area contributed by atoms with Crippen molar-refractivity contribution in [2.24, 2.45) is 0 Å². The van der Waals surface area contributed by atoms with Gasteiger partial charge in [0, 0.05) is 16.5 Å². The Kier molecular flexibility index (Phi) is 5.74. The highest BCUT2D eigenvalue weighted by Crippen LogP contribution is 2.42. The molecule has 0 fully saturated rings. The van der Waals surface area contributed by atoms with E-state index in [0.29, 0.717) is 21.9 Å². The van der Waals surface area contributed by atoms with Gasteiger partial charge in [-0.05, 0) is 41.5 Å². The summed E-state index contributed by atoms with van der Waals surface area (Å²) >= 11 is 1.31. The number of nitrogen functional groups attached to an aromatic ring is 1. The number of aromatic nitrogens is 1. The minimum atomic E-state index is -0.152. The lowest BCUT2D eigenvalue weighted by molar-refractivity contribution is 0.104. The number of hydrogen-bond donors (Lipinski definition) is 1. The summed E-state index contributed by atoms with van der Waals surface area (Å²) in [5, 5.41) is 0.779. The van der Waals surface area contributed by atoms with E-state index in [2.05, 4.69) is 0 Å². The number of ketones is 1. The van der Waals surface area contributed by atoms with Crippen molar-refractivity contribution in [2.45, 2.75) is 0 Å². The molecule has 168 valence electrons. The predicted molar refractivity (Wildman–Crippen MR) is 138 cm³/mol. The molecular weight excluding hydrogens is 444 g/mol. The Balaban J connectivity index is 1.73. The first-order valence-electron chi connectivity index (χ1n) is 10.7. The number of nitrogens with zero attached hydrogens (tertiary/aromatic N) is 1. The van der Waals surface area contributed by atoms with Crippen LogP contribution in [0, 0.1) is 0 Å². The number of methoxy groups -OCH3 is 2. The molecule has 6 heteroatoms. The number of thiophene rings is 1. The van der Waals surface area contributed by atoms with Crippen LogP contribution in [0.3, 0.4) is 0 Å². The third kappa shape index (κ3) is 3.89. The second-order valence-electron chi connectivity index (χ2n) is 7.74. The molecule has 0 radical (unpaired) electrons. The highest BCUT2D eigenvalue weighted by Gasteiger charge is 2.23. The van der Waals surface area contributed by atoms with E-state index in [1.807, 2.05) is 60.7 Å². The standard InChI is InChI=1S/C28H22N2O3S/c1-32-20-13-11-17(12-14-20)22-16-23(18-7-4-3-5-8-18)30-28-24(22)25(29)27(34-28)26(31)19-9-6-10-21(15-19)33-2/h3-16H,29H2,1-2H3. The van der Waals surface area contributed by atoms with Crippen molar-refractivity contribution in [3.8, 4) is 33.9 Å². The van der Waals surface area contributed by atoms with Crippen LogP contribution in [-0.4, -0.2) is 25.0 Å². The van der Waals surface area contributed by atoms with E-state index in [0.717, 1.165) is 38.4 Å². The quantitative estimate of drug-likeness (QED) is 0.291.